The van der Waals surface area contributed by atoms with E-state index in [1.54, 1.807) is 19.2 Å². The zero-order chi connectivity index (χ0) is 15.4. The van der Waals surface area contributed by atoms with Crippen LogP contribution >= 0.6 is 11.6 Å². The molecule has 2 rings (SSSR count). The molecule has 2 aromatic carbocycles. The Bertz CT molecular complexity index is 632. The summed E-state index contributed by atoms with van der Waals surface area (Å²) >= 11 is 5.85. The molecule has 112 valence electrons. The van der Waals surface area contributed by atoms with Crippen LogP contribution in [0.5, 0.6) is 11.5 Å². The van der Waals surface area contributed by atoms with Crippen LogP contribution in [0, 0.1) is 5.82 Å². The summed E-state index contributed by atoms with van der Waals surface area (Å²) in [5.74, 6) is 0.735. The lowest BCUT2D eigenvalue weighted by atomic mass is 10.1. The van der Waals surface area contributed by atoms with Gasteiger partial charge in [-0.15, -0.1) is 0 Å². The van der Waals surface area contributed by atoms with Crippen LogP contribution in [0.3, 0.4) is 0 Å². The van der Waals surface area contributed by atoms with E-state index in [1.807, 2.05) is 19.1 Å². The highest BCUT2D eigenvalue weighted by Crippen LogP contribution is 2.30. The van der Waals surface area contributed by atoms with Gasteiger partial charge in [0, 0.05) is 16.6 Å². The van der Waals surface area contributed by atoms with E-state index >= 15 is 0 Å². The fraction of sp³-hybridized carbons (Fsp3) is 0.250. The second-order valence-electron chi connectivity index (χ2n) is 4.72. The minimum atomic E-state index is -0.356. The summed E-state index contributed by atoms with van der Waals surface area (Å²) in [4.78, 5) is 0. The van der Waals surface area contributed by atoms with Crippen LogP contribution in [0.15, 0.2) is 36.4 Å². The molecule has 0 radical (unpaired) electrons. The normalized spacial score (nSPS) is 12.0. The largest absolute Gasteiger partial charge is 0.493 e. The number of hydrogen-bond donors (Lipinski definition) is 1. The zero-order valence-corrected chi connectivity index (χ0v) is 12.7. The van der Waals surface area contributed by atoms with Crippen molar-refractivity contribution in [3.63, 3.8) is 0 Å². The van der Waals surface area contributed by atoms with Gasteiger partial charge in [-0.05, 0) is 42.8 Å². The Morgan fingerprint density at radius 1 is 1.19 bits per heavy atom. The lowest BCUT2D eigenvalue weighted by Gasteiger charge is -2.14. The number of ether oxygens (including phenoxy) is 2. The predicted octanol–water partition coefficient (Wildman–Crippen LogP) is 4.09. The number of hydrogen-bond acceptors (Lipinski definition) is 3. The van der Waals surface area contributed by atoms with E-state index in [1.165, 1.54) is 12.1 Å². The molecule has 0 amide bonds. The van der Waals surface area contributed by atoms with Crippen molar-refractivity contribution in [2.24, 2.45) is 5.73 Å². The summed E-state index contributed by atoms with van der Waals surface area (Å²) in [6.07, 6.45) is 0. The van der Waals surface area contributed by atoms with E-state index in [4.69, 9.17) is 26.8 Å². The van der Waals surface area contributed by atoms with Crippen LogP contribution in [-0.4, -0.2) is 7.11 Å². The molecule has 0 fully saturated rings. The highest BCUT2D eigenvalue weighted by molar-refractivity contribution is 6.30. The van der Waals surface area contributed by atoms with Crippen molar-refractivity contribution in [2.75, 3.05) is 7.11 Å². The first-order valence-electron chi connectivity index (χ1n) is 6.51. The Morgan fingerprint density at radius 2 is 1.95 bits per heavy atom. The van der Waals surface area contributed by atoms with Crippen molar-refractivity contribution < 1.29 is 13.9 Å². The van der Waals surface area contributed by atoms with Crippen molar-refractivity contribution >= 4 is 11.6 Å². The molecule has 0 aliphatic heterocycles. The maximum absolute atomic E-state index is 13.6. The van der Waals surface area contributed by atoms with Crippen molar-refractivity contribution in [3.05, 3.63) is 58.4 Å². The second-order valence-corrected chi connectivity index (χ2v) is 5.16. The maximum atomic E-state index is 13.6. The van der Waals surface area contributed by atoms with E-state index < -0.39 is 0 Å². The molecule has 0 aliphatic rings. The van der Waals surface area contributed by atoms with Crippen LogP contribution in [-0.2, 0) is 6.61 Å². The molecule has 0 aromatic heterocycles. The van der Waals surface area contributed by atoms with E-state index in [2.05, 4.69) is 0 Å². The smallest absolute Gasteiger partial charge is 0.161 e. The Kier molecular flexibility index (Phi) is 5.04. The first kappa shape index (κ1) is 15.6. The maximum Gasteiger partial charge on any atom is 0.161 e. The Morgan fingerprint density at radius 3 is 2.62 bits per heavy atom. The molecule has 0 unspecified atom stereocenters. The van der Waals surface area contributed by atoms with Crippen molar-refractivity contribution in [2.45, 2.75) is 19.6 Å². The summed E-state index contributed by atoms with van der Waals surface area (Å²) in [6, 6.07) is 9.69. The minimum absolute atomic E-state index is 0.0697. The monoisotopic (exact) mass is 309 g/mol. The molecule has 0 saturated heterocycles. The molecule has 3 nitrogen and oxygen atoms in total. The molecule has 0 bridgehead atoms. The third-order valence-corrected chi connectivity index (χ3v) is 3.34. The molecule has 21 heavy (non-hydrogen) atoms. The van der Waals surface area contributed by atoms with Gasteiger partial charge in [0.15, 0.2) is 11.5 Å². The number of rotatable bonds is 5. The van der Waals surface area contributed by atoms with E-state index in [0.29, 0.717) is 22.1 Å². The van der Waals surface area contributed by atoms with Crippen molar-refractivity contribution in [1.29, 1.82) is 0 Å². The molecule has 2 N–H and O–H groups in total. The first-order valence-corrected chi connectivity index (χ1v) is 6.89. The third-order valence-electron chi connectivity index (χ3n) is 3.10. The van der Waals surface area contributed by atoms with Gasteiger partial charge in [-0.25, -0.2) is 4.39 Å². The summed E-state index contributed by atoms with van der Waals surface area (Å²) < 4.78 is 24.5. The molecular weight excluding hydrogens is 293 g/mol. The minimum Gasteiger partial charge on any atom is -0.493 e. The molecule has 0 heterocycles. The van der Waals surface area contributed by atoms with Crippen LogP contribution in [0.4, 0.5) is 4.39 Å². The topological polar surface area (TPSA) is 44.5 Å². The zero-order valence-electron chi connectivity index (χ0n) is 11.9. The summed E-state index contributed by atoms with van der Waals surface area (Å²) in [5.41, 5.74) is 7.16. The average molecular weight is 310 g/mol. The highest BCUT2D eigenvalue weighted by Gasteiger charge is 2.10. The van der Waals surface area contributed by atoms with Gasteiger partial charge < -0.3 is 15.2 Å². The molecule has 5 heteroatoms. The van der Waals surface area contributed by atoms with Gasteiger partial charge in [0.2, 0.25) is 0 Å². The van der Waals surface area contributed by atoms with Gasteiger partial charge in [-0.3, -0.25) is 0 Å². The standard InChI is InChI=1S/C16H17ClFNO2/c1-10(19)11-3-6-15(16(8-11)20-2)21-9-12-7-13(17)4-5-14(12)18/h3-8,10H,9,19H2,1-2H3/t10-/m0/s1. The van der Waals surface area contributed by atoms with Gasteiger partial charge >= 0.3 is 0 Å². The van der Waals surface area contributed by atoms with Gasteiger partial charge in [0.1, 0.15) is 12.4 Å². The van der Waals surface area contributed by atoms with Crippen molar-refractivity contribution in [3.8, 4) is 11.5 Å². The SMILES string of the molecule is COc1cc([C@H](C)N)ccc1OCc1cc(Cl)ccc1F. The Hall–Kier alpha value is -1.78. The molecule has 2 aromatic rings. The fourth-order valence-corrected chi connectivity index (χ4v) is 2.09. The molecular formula is C16H17ClFNO2. The molecule has 0 saturated carbocycles. The van der Waals surface area contributed by atoms with Crippen LogP contribution in [0.25, 0.3) is 0 Å². The van der Waals surface area contributed by atoms with Crippen LogP contribution in [0.2, 0.25) is 5.02 Å². The Labute approximate surface area is 128 Å². The van der Waals surface area contributed by atoms with Gasteiger partial charge in [-0.1, -0.05) is 17.7 Å². The summed E-state index contributed by atoms with van der Waals surface area (Å²) in [5, 5.41) is 0.467. The molecule has 1 atom stereocenters. The number of benzene rings is 2. The fourth-order valence-electron chi connectivity index (χ4n) is 1.90. The van der Waals surface area contributed by atoms with Crippen LogP contribution in [0.1, 0.15) is 24.1 Å². The van der Waals surface area contributed by atoms with E-state index in [0.717, 1.165) is 5.56 Å². The molecule has 0 aliphatic carbocycles. The first-order chi connectivity index (χ1) is 10.0. The summed E-state index contributed by atoms with van der Waals surface area (Å²) in [7, 11) is 1.55. The summed E-state index contributed by atoms with van der Waals surface area (Å²) in [6.45, 7) is 1.96. The second kappa shape index (κ2) is 6.78. The third kappa shape index (κ3) is 3.86. The highest BCUT2D eigenvalue weighted by atomic mass is 35.5. The van der Waals surface area contributed by atoms with Gasteiger partial charge in [-0.2, -0.15) is 0 Å². The predicted molar refractivity (Wildman–Crippen MR) is 81.3 cm³/mol. The van der Waals surface area contributed by atoms with E-state index in [9.17, 15) is 4.39 Å². The quantitative estimate of drug-likeness (QED) is 0.905. The van der Waals surface area contributed by atoms with Crippen LogP contribution < -0.4 is 15.2 Å². The molecule has 0 spiro atoms. The van der Waals surface area contributed by atoms with Gasteiger partial charge in [0.05, 0.1) is 7.11 Å². The Balaban J connectivity index is 2.18. The van der Waals surface area contributed by atoms with Gasteiger partial charge in [0.25, 0.3) is 0 Å². The number of halogens is 2. The number of nitrogens with two attached hydrogens (primary N) is 1. The lowest BCUT2D eigenvalue weighted by Crippen LogP contribution is -2.06. The van der Waals surface area contributed by atoms with Crippen molar-refractivity contribution in [1.82, 2.24) is 0 Å². The average Bonchev–Trinajstić information content (AvgIpc) is 2.47. The van der Waals surface area contributed by atoms with E-state index in [-0.39, 0.29) is 18.5 Å². The number of methoxy groups -OCH3 is 1. The lowest BCUT2D eigenvalue weighted by molar-refractivity contribution is 0.279.